The van der Waals surface area contributed by atoms with E-state index in [0.717, 1.165) is 20.6 Å². The Bertz CT molecular complexity index is 557. The maximum absolute atomic E-state index is 6.25. The lowest BCUT2D eigenvalue weighted by Crippen LogP contribution is -2.18. The summed E-state index contributed by atoms with van der Waals surface area (Å²) in [6, 6.07) is 13.5. The second kappa shape index (κ2) is 6.07. The molecule has 1 N–H and O–H groups in total. The number of nitrogens with one attached hydrogen (secondary N) is 1. The van der Waals surface area contributed by atoms with Gasteiger partial charge in [-0.25, -0.2) is 0 Å². The van der Waals surface area contributed by atoms with E-state index in [4.69, 9.17) is 23.2 Å². The van der Waals surface area contributed by atoms with Crippen LogP contribution in [0.15, 0.2) is 46.9 Å². The molecule has 1 unspecified atom stereocenters. The third kappa shape index (κ3) is 2.89. The fraction of sp³-hybridized carbons (Fsp3) is 0.143. The van der Waals surface area contributed by atoms with E-state index in [1.165, 1.54) is 0 Å². The van der Waals surface area contributed by atoms with E-state index in [-0.39, 0.29) is 6.04 Å². The Hall–Kier alpha value is -0.540. The van der Waals surface area contributed by atoms with E-state index in [9.17, 15) is 0 Å². The van der Waals surface area contributed by atoms with Gasteiger partial charge in [0.15, 0.2) is 0 Å². The van der Waals surface area contributed by atoms with Crippen molar-refractivity contribution in [3.05, 3.63) is 68.1 Å². The molecule has 1 atom stereocenters. The van der Waals surface area contributed by atoms with Gasteiger partial charge in [0.2, 0.25) is 0 Å². The summed E-state index contributed by atoms with van der Waals surface area (Å²) in [7, 11) is 1.90. The molecule has 0 aliphatic rings. The molecule has 4 heteroatoms. The summed E-state index contributed by atoms with van der Waals surface area (Å²) in [4.78, 5) is 0. The van der Waals surface area contributed by atoms with E-state index in [1.54, 1.807) is 0 Å². The van der Waals surface area contributed by atoms with Crippen LogP contribution in [0.5, 0.6) is 0 Å². The Labute approximate surface area is 125 Å². The molecule has 2 rings (SSSR count). The SMILES string of the molecule is CNC(c1ccccc1Cl)c1cc(Cl)ccc1Br. The van der Waals surface area contributed by atoms with Crippen LogP contribution in [0.4, 0.5) is 0 Å². The van der Waals surface area contributed by atoms with Crippen molar-refractivity contribution in [1.29, 1.82) is 0 Å². The van der Waals surface area contributed by atoms with Gasteiger partial charge in [0.1, 0.15) is 0 Å². The van der Waals surface area contributed by atoms with Crippen molar-refractivity contribution in [2.45, 2.75) is 6.04 Å². The molecule has 2 aromatic carbocycles. The smallest absolute Gasteiger partial charge is 0.0600 e. The standard InChI is InChI=1S/C14H12BrCl2N/c1-18-14(10-4-2-3-5-13(10)17)11-8-9(16)6-7-12(11)15/h2-8,14,18H,1H3. The van der Waals surface area contributed by atoms with Gasteiger partial charge < -0.3 is 5.32 Å². The zero-order valence-electron chi connectivity index (χ0n) is 9.75. The third-order valence-corrected chi connectivity index (χ3v) is 4.08. The van der Waals surface area contributed by atoms with Crippen molar-refractivity contribution in [2.24, 2.45) is 0 Å². The Morgan fingerprint density at radius 2 is 1.78 bits per heavy atom. The summed E-state index contributed by atoms with van der Waals surface area (Å²) in [5.74, 6) is 0. The van der Waals surface area contributed by atoms with Crippen molar-refractivity contribution < 1.29 is 0 Å². The van der Waals surface area contributed by atoms with Crippen LogP contribution < -0.4 is 5.32 Å². The van der Waals surface area contributed by atoms with Crippen molar-refractivity contribution in [2.75, 3.05) is 7.05 Å². The maximum Gasteiger partial charge on any atom is 0.0600 e. The number of halogens is 3. The van der Waals surface area contributed by atoms with Gasteiger partial charge in [-0.2, -0.15) is 0 Å². The molecule has 94 valence electrons. The fourth-order valence-corrected chi connectivity index (χ4v) is 2.82. The summed E-state index contributed by atoms with van der Waals surface area (Å²) in [6.45, 7) is 0. The zero-order valence-corrected chi connectivity index (χ0v) is 12.9. The predicted molar refractivity (Wildman–Crippen MR) is 81.5 cm³/mol. The molecule has 0 fully saturated rings. The van der Waals surface area contributed by atoms with Crippen LogP contribution in [-0.2, 0) is 0 Å². The Morgan fingerprint density at radius 1 is 1.06 bits per heavy atom. The highest BCUT2D eigenvalue weighted by atomic mass is 79.9. The molecular formula is C14H12BrCl2N. The van der Waals surface area contributed by atoms with Crippen LogP contribution in [0.2, 0.25) is 10.0 Å². The first-order chi connectivity index (χ1) is 8.63. The number of hydrogen-bond acceptors (Lipinski definition) is 1. The molecule has 0 aliphatic heterocycles. The Morgan fingerprint density at radius 3 is 2.44 bits per heavy atom. The highest BCUT2D eigenvalue weighted by Crippen LogP contribution is 2.33. The molecule has 0 saturated heterocycles. The summed E-state index contributed by atoms with van der Waals surface area (Å²) in [6.07, 6.45) is 0. The number of rotatable bonds is 3. The van der Waals surface area contributed by atoms with Crippen molar-refractivity contribution in [3.63, 3.8) is 0 Å². The van der Waals surface area contributed by atoms with Gasteiger partial charge in [0.25, 0.3) is 0 Å². The lowest BCUT2D eigenvalue weighted by atomic mass is 9.99. The van der Waals surface area contributed by atoms with Crippen molar-refractivity contribution in [3.8, 4) is 0 Å². The average molecular weight is 345 g/mol. The first-order valence-corrected chi connectivity index (χ1v) is 7.05. The molecule has 2 aromatic rings. The zero-order chi connectivity index (χ0) is 13.1. The van der Waals surface area contributed by atoms with Crippen LogP contribution >= 0.6 is 39.1 Å². The van der Waals surface area contributed by atoms with Crippen LogP contribution in [0, 0.1) is 0 Å². The van der Waals surface area contributed by atoms with Crippen LogP contribution in [-0.4, -0.2) is 7.05 Å². The predicted octanol–water partition coefficient (Wildman–Crippen LogP) is 5.06. The molecule has 0 heterocycles. The molecule has 0 radical (unpaired) electrons. The highest BCUT2D eigenvalue weighted by Gasteiger charge is 2.17. The van der Waals surface area contributed by atoms with Gasteiger partial charge in [-0.3, -0.25) is 0 Å². The molecule has 1 nitrogen and oxygen atoms in total. The minimum absolute atomic E-state index is 0.00627. The van der Waals surface area contributed by atoms with Crippen LogP contribution in [0.25, 0.3) is 0 Å². The summed E-state index contributed by atoms with van der Waals surface area (Å²) >= 11 is 15.9. The molecular weight excluding hydrogens is 333 g/mol. The number of benzene rings is 2. The van der Waals surface area contributed by atoms with E-state index in [0.29, 0.717) is 5.02 Å². The Kier molecular flexibility index (Phi) is 4.68. The minimum Gasteiger partial charge on any atom is -0.309 e. The van der Waals surface area contributed by atoms with Gasteiger partial charge in [0.05, 0.1) is 6.04 Å². The largest absolute Gasteiger partial charge is 0.309 e. The quantitative estimate of drug-likeness (QED) is 0.820. The highest BCUT2D eigenvalue weighted by molar-refractivity contribution is 9.10. The molecule has 0 amide bonds. The lowest BCUT2D eigenvalue weighted by Gasteiger charge is -2.20. The van der Waals surface area contributed by atoms with Gasteiger partial charge >= 0.3 is 0 Å². The van der Waals surface area contributed by atoms with Gasteiger partial charge in [0, 0.05) is 14.5 Å². The van der Waals surface area contributed by atoms with E-state index in [1.807, 2.05) is 49.5 Å². The van der Waals surface area contributed by atoms with E-state index >= 15 is 0 Å². The molecule has 0 spiro atoms. The fourth-order valence-electron chi connectivity index (χ4n) is 1.92. The minimum atomic E-state index is 0.00627. The summed E-state index contributed by atoms with van der Waals surface area (Å²) in [5, 5.41) is 4.72. The average Bonchev–Trinajstić information content (AvgIpc) is 2.36. The summed E-state index contributed by atoms with van der Waals surface area (Å²) in [5.41, 5.74) is 2.10. The molecule has 18 heavy (non-hydrogen) atoms. The molecule has 0 aromatic heterocycles. The molecule has 0 aliphatic carbocycles. The second-order valence-electron chi connectivity index (χ2n) is 3.91. The topological polar surface area (TPSA) is 12.0 Å². The Balaban J connectivity index is 2.52. The van der Waals surface area contributed by atoms with Crippen LogP contribution in [0.1, 0.15) is 17.2 Å². The van der Waals surface area contributed by atoms with E-state index < -0.39 is 0 Å². The molecule has 0 bridgehead atoms. The first-order valence-electron chi connectivity index (χ1n) is 5.50. The van der Waals surface area contributed by atoms with Crippen LogP contribution in [0.3, 0.4) is 0 Å². The normalized spacial score (nSPS) is 12.4. The second-order valence-corrected chi connectivity index (χ2v) is 5.61. The molecule has 0 saturated carbocycles. The lowest BCUT2D eigenvalue weighted by molar-refractivity contribution is 0.689. The third-order valence-electron chi connectivity index (χ3n) is 2.77. The van der Waals surface area contributed by atoms with Crippen molar-refractivity contribution >= 4 is 39.1 Å². The maximum atomic E-state index is 6.25. The monoisotopic (exact) mass is 343 g/mol. The first kappa shape index (κ1) is 13.9. The summed E-state index contributed by atoms with van der Waals surface area (Å²) < 4.78 is 1.01. The number of hydrogen-bond donors (Lipinski definition) is 1. The van der Waals surface area contributed by atoms with E-state index in [2.05, 4.69) is 21.2 Å². The van der Waals surface area contributed by atoms with Gasteiger partial charge in [-0.05, 0) is 42.4 Å². The van der Waals surface area contributed by atoms with Crippen molar-refractivity contribution in [1.82, 2.24) is 5.32 Å². The van der Waals surface area contributed by atoms with Gasteiger partial charge in [-0.15, -0.1) is 0 Å². The van der Waals surface area contributed by atoms with Gasteiger partial charge in [-0.1, -0.05) is 57.3 Å².